The van der Waals surface area contributed by atoms with Crippen LogP contribution in [0.3, 0.4) is 0 Å². The third-order valence-corrected chi connectivity index (χ3v) is 2.96. The van der Waals surface area contributed by atoms with Crippen molar-refractivity contribution >= 4 is 0 Å². The van der Waals surface area contributed by atoms with Crippen LogP contribution in [0.25, 0.3) is 0 Å². The molecule has 0 saturated heterocycles. The minimum atomic E-state index is 0.552. The van der Waals surface area contributed by atoms with Gasteiger partial charge in [0.05, 0.1) is 0 Å². The van der Waals surface area contributed by atoms with Crippen LogP contribution in [0, 0.1) is 0 Å². The van der Waals surface area contributed by atoms with E-state index in [4.69, 9.17) is 4.74 Å². The maximum Gasteiger partial charge on any atom is 0.153 e. The molecule has 4 heteroatoms. The summed E-state index contributed by atoms with van der Waals surface area (Å²) in [7, 11) is 0. The fraction of sp³-hybridized carbons (Fsp3) is 0.818. The van der Waals surface area contributed by atoms with E-state index in [0.29, 0.717) is 12.5 Å². The highest BCUT2D eigenvalue weighted by molar-refractivity contribution is 4.98. The Labute approximate surface area is 90.4 Å². The summed E-state index contributed by atoms with van der Waals surface area (Å²) in [5.74, 6) is 2.42. The first-order chi connectivity index (χ1) is 7.40. The topological polar surface area (TPSA) is 50.8 Å². The van der Waals surface area contributed by atoms with Gasteiger partial charge in [-0.15, -0.1) is 0 Å². The molecule has 15 heavy (non-hydrogen) atoms. The Balaban J connectivity index is 1.93. The molecule has 0 amide bonds. The zero-order chi connectivity index (χ0) is 10.5. The molecule has 0 atom stereocenters. The second-order valence-electron chi connectivity index (χ2n) is 4.11. The Kier molecular flexibility index (Phi) is 3.72. The molecule has 1 N–H and O–H groups in total. The van der Waals surface area contributed by atoms with Crippen molar-refractivity contribution < 1.29 is 4.74 Å². The van der Waals surface area contributed by atoms with Crippen LogP contribution in [0.5, 0.6) is 0 Å². The van der Waals surface area contributed by atoms with Gasteiger partial charge in [0, 0.05) is 12.5 Å². The summed E-state index contributed by atoms with van der Waals surface area (Å²) in [5.41, 5.74) is 0. The van der Waals surface area contributed by atoms with Crippen molar-refractivity contribution in [3.8, 4) is 0 Å². The first-order valence-electron chi connectivity index (χ1n) is 5.89. The fourth-order valence-electron chi connectivity index (χ4n) is 2.12. The van der Waals surface area contributed by atoms with Gasteiger partial charge in [0.2, 0.25) is 0 Å². The third-order valence-electron chi connectivity index (χ3n) is 2.96. The predicted octanol–water partition coefficient (Wildman–Crippen LogP) is 2.39. The van der Waals surface area contributed by atoms with Crippen molar-refractivity contribution in [1.82, 2.24) is 15.2 Å². The SMILES string of the molecule is CCOCc1nc(C2CCCCC2)n[nH]1. The number of nitrogens with zero attached hydrogens (tertiary/aromatic N) is 2. The zero-order valence-corrected chi connectivity index (χ0v) is 9.33. The molecule has 84 valence electrons. The Bertz CT molecular complexity index is 292. The van der Waals surface area contributed by atoms with Gasteiger partial charge in [-0.1, -0.05) is 19.3 Å². The van der Waals surface area contributed by atoms with Gasteiger partial charge in [0.15, 0.2) is 11.6 Å². The summed E-state index contributed by atoms with van der Waals surface area (Å²) in [6, 6.07) is 0. The summed E-state index contributed by atoms with van der Waals surface area (Å²) in [4.78, 5) is 4.48. The molecule has 0 radical (unpaired) electrons. The molecule has 1 fully saturated rings. The molecule has 1 aromatic heterocycles. The summed E-state index contributed by atoms with van der Waals surface area (Å²) in [6.07, 6.45) is 6.49. The molecule has 4 nitrogen and oxygen atoms in total. The van der Waals surface area contributed by atoms with E-state index in [2.05, 4.69) is 15.2 Å². The molecule has 1 heterocycles. The number of aromatic nitrogens is 3. The Hall–Kier alpha value is -0.900. The lowest BCUT2D eigenvalue weighted by molar-refractivity contribution is 0.128. The molecule has 0 aliphatic heterocycles. The van der Waals surface area contributed by atoms with Crippen LogP contribution in [0.2, 0.25) is 0 Å². The van der Waals surface area contributed by atoms with Gasteiger partial charge in [0.25, 0.3) is 0 Å². The predicted molar refractivity (Wildman–Crippen MR) is 57.5 cm³/mol. The minimum absolute atomic E-state index is 0.552. The molecular weight excluding hydrogens is 190 g/mol. The van der Waals surface area contributed by atoms with Crippen LogP contribution in [-0.4, -0.2) is 21.8 Å². The van der Waals surface area contributed by atoms with E-state index in [1.165, 1.54) is 32.1 Å². The summed E-state index contributed by atoms with van der Waals surface area (Å²) in [6.45, 7) is 3.26. The highest BCUT2D eigenvalue weighted by atomic mass is 16.5. The lowest BCUT2D eigenvalue weighted by atomic mass is 9.89. The summed E-state index contributed by atoms with van der Waals surface area (Å²) >= 11 is 0. The molecule has 0 bridgehead atoms. The number of ether oxygens (including phenoxy) is 1. The van der Waals surface area contributed by atoms with Crippen LogP contribution in [0.1, 0.15) is 56.6 Å². The highest BCUT2D eigenvalue weighted by Crippen LogP contribution is 2.30. The number of aromatic amines is 1. The van der Waals surface area contributed by atoms with E-state index in [9.17, 15) is 0 Å². The molecule has 0 aromatic carbocycles. The second kappa shape index (κ2) is 5.26. The van der Waals surface area contributed by atoms with Gasteiger partial charge in [-0.05, 0) is 19.8 Å². The van der Waals surface area contributed by atoms with Crippen molar-refractivity contribution in [3.05, 3.63) is 11.6 Å². The smallest absolute Gasteiger partial charge is 0.153 e. The summed E-state index contributed by atoms with van der Waals surface area (Å²) < 4.78 is 5.29. The highest BCUT2D eigenvalue weighted by Gasteiger charge is 2.19. The fourth-order valence-corrected chi connectivity index (χ4v) is 2.12. The van der Waals surface area contributed by atoms with Gasteiger partial charge < -0.3 is 4.74 Å². The number of hydrogen-bond acceptors (Lipinski definition) is 3. The van der Waals surface area contributed by atoms with Crippen molar-refractivity contribution in [2.45, 2.75) is 51.6 Å². The van der Waals surface area contributed by atoms with E-state index < -0.39 is 0 Å². The molecule has 1 aliphatic carbocycles. The van der Waals surface area contributed by atoms with E-state index in [0.717, 1.165) is 18.3 Å². The lowest BCUT2D eigenvalue weighted by Gasteiger charge is -2.17. The van der Waals surface area contributed by atoms with Gasteiger partial charge in [-0.25, -0.2) is 4.98 Å². The minimum Gasteiger partial charge on any atom is -0.374 e. The summed E-state index contributed by atoms with van der Waals surface area (Å²) in [5, 5.41) is 7.23. The van der Waals surface area contributed by atoms with Gasteiger partial charge in [0.1, 0.15) is 6.61 Å². The van der Waals surface area contributed by atoms with Crippen LogP contribution in [0.15, 0.2) is 0 Å². The number of rotatable bonds is 4. The largest absolute Gasteiger partial charge is 0.374 e. The van der Waals surface area contributed by atoms with Crippen molar-refractivity contribution in [2.75, 3.05) is 6.61 Å². The van der Waals surface area contributed by atoms with Crippen LogP contribution in [-0.2, 0) is 11.3 Å². The molecule has 0 unspecified atom stereocenters. The number of nitrogens with one attached hydrogen (secondary N) is 1. The van der Waals surface area contributed by atoms with E-state index in [1.807, 2.05) is 6.92 Å². The normalized spacial score (nSPS) is 18.2. The number of hydrogen-bond donors (Lipinski definition) is 1. The standard InChI is InChI=1S/C11H19N3O/c1-2-15-8-10-12-11(14-13-10)9-6-4-3-5-7-9/h9H,2-8H2,1H3,(H,12,13,14). The average Bonchev–Trinajstić information content (AvgIpc) is 2.76. The molecule has 0 spiro atoms. The monoisotopic (exact) mass is 209 g/mol. The van der Waals surface area contributed by atoms with Crippen LogP contribution >= 0.6 is 0 Å². The van der Waals surface area contributed by atoms with Crippen molar-refractivity contribution in [1.29, 1.82) is 0 Å². The first-order valence-corrected chi connectivity index (χ1v) is 5.89. The van der Waals surface area contributed by atoms with Gasteiger partial charge in [-0.3, -0.25) is 5.10 Å². The maximum atomic E-state index is 5.29. The lowest BCUT2D eigenvalue weighted by Crippen LogP contribution is -2.06. The zero-order valence-electron chi connectivity index (χ0n) is 9.33. The molecule has 1 aliphatic rings. The molecular formula is C11H19N3O. The average molecular weight is 209 g/mol. The van der Waals surface area contributed by atoms with E-state index in [-0.39, 0.29) is 0 Å². The van der Waals surface area contributed by atoms with Gasteiger partial charge >= 0.3 is 0 Å². The van der Waals surface area contributed by atoms with Crippen LogP contribution in [0.4, 0.5) is 0 Å². The quantitative estimate of drug-likeness (QED) is 0.828. The maximum absolute atomic E-state index is 5.29. The first kappa shape index (κ1) is 10.6. The van der Waals surface area contributed by atoms with Crippen LogP contribution < -0.4 is 0 Å². The van der Waals surface area contributed by atoms with E-state index in [1.54, 1.807) is 0 Å². The molecule has 1 aromatic rings. The van der Waals surface area contributed by atoms with Gasteiger partial charge in [-0.2, -0.15) is 5.10 Å². The van der Waals surface area contributed by atoms with E-state index >= 15 is 0 Å². The van der Waals surface area contributed by atoms with Crippen molar-refractivity contribution in [2.24, 2.45) is 0 Å². The Morgan fingerprint density at radius 1 is 1.33 bits per heavy atom. The molecule has 2 rings (SSSR count). The van der Waals surface area contributed by atoms with Crippen molar-refractivity contribution in [3.63, 3.8) is 0 Å². The Morgan fingerprint density at radius 2 is 2.13 bits per heavy atom. The number of H-pyrrole nitrogens is 1. The Morgan fingerprint density at radius 3 is 2.87 bits per heavy atom. The third kappa shape index (κ3) is 2.78. The molecule has 1 saturated carbocycles. The second-order valence-corrected chi connectivity index (χ2v) is 4.11.